The third-order valence-corrected chi connectivity index (χ3v) is 7.50. The molecule has 1 aliphatic rings. The number of amides is 3. The largest absolute Gasteiger partial charge is 0.449 e. The van der Waals surface area contributed by atoms with Gasteiger partial charge in [-0.3, -0.25) is 14.4 Å². The summed E-state index contributed by atoms with van der Waals surface area (Å²) in [4.78, 5) is 36.7. The fourth-order valence-corrected chi connectivity index (χ4v) is 4.86. The molecule has 1 fully saturated rings. The lowest BCUT2D eigenvalue weighted by atomic mass is 9.96. The number of imide groups is 1. The average Bonchev–Trinajstić information content (AvgIpc) is 2.84. The van der Waals surface area contributed by atoms with Gasteiger partial charge in [0.15, 0.2) is 6.10 Å². The van der Waals surface area contributed by atoms with E-state index in [1.165, 1.54) is 38.2 Å². The van der Waals surface area contributed by atoms with Crippen molar-refractivity contribution < 1.29 is 27.5 Å². The van der Waals surface area contributed by atoms with Gasteiger partial charge < -0.3 is 10.1 Å². The molecule has 1 atom stereocenters. The van der Waals surface area contributed by atoms with Crippen molar-refractivity contribution in [3.63, 3.8) is 0 Å². The van der Waals surface area contributed by atoms with Crippen LogP contribution in [-0.4, -0.2) is 45.5 Å². The molecule has 1 aliphatic carbocycles. The van der Waals surface area contributed by atoms with Crippen molar-refractivity contribution in [3.8, 4) is 0 Å². The van der Waals surface area contributed by atoms with Gasteiger partial charge in [0.25, 0.3) is 15.9 Å². The maximum atomic E-state index is 12.8. The van der Waals surface area contributed by atoms with Gasteiger partial charge in [0, 0.05) is 13.1 Å². The average molecular weight is 488 g/mol. The van der Waals surface area contributed by atoms with Crippen molar-refractivity contribution in [3.05, 3.63) is 60.2 Å². The Kier molecular flexibility index (Phi) is 8.27. The molecule has 0 spiro atoms. The quantitative estimate of drug-likeness (QED) is 0.579. The van der Waals surface area contributed by atoms with Gasteiger partial charge in [-0.2, -0.15) is 0 Å². The van der Waals surface area contributed by atoms with E-state index in [9.17, 15) is 22.8 Å². The van der Waals surface area contributed by atoms with Gasteiger partial charge in [0.1, 0.15) is 0 Å². The highest BCUT2D eigenvalue weighted by Gasteiger charge is 2.24. The highest BCUT2D eigenvalue weighted by Crippen LogP contribution is 2.22. The fourth-order valence-electron chi connectivity index (χ4n) is 3.66. The molecular weight excluding hydrogens is 458 g/mol. The second-order valence-corrected chi connectivity index (χ2v) is 10.1. The summed E-state index contributed by atoms with van der Waals surface area (Å²) >= 11 is 0. The molecule has 1 saturated carbocycles. The molecule has 0 aromatic heterocycles. The number of carbonyl (C=O) groups is 3. The third-order valence-electron chi connectivity index (χ3n) is 5.70. The first-order valence-electron chi connectivity index (χ1n) is 11.1. The van der Waals surface area contributed by atoms with E-state index in [2.05, 4.69) is 10.6 Å². The molecule has 3 amide bonds. The number of esters is 1. The molecule has 2 N–H and O–H groups in total. The molecule has 182 valence electrons. The molecule has 2 aromatic rings. The van der Waals surface area contributed by atoms with Crippen molar-refractivity contribution in [2.45, 2.75) is 56.1 Å². The Hall–Kier alpha value is -3.40. The molecule has 34 heavy (non-hydrogen) atoms. The normalized spacial score (nSPS) is 15.1. The maximum Gasteiger partial charge on any atom is 0.338 e. The number of nitrogens with one attached hydrogen (secondary N) is 2. The highest BCUT2D eigenvalue weighted by atomic mass is 32.2. The standard InChI is InChI=1S/C24H29N3O6S/c1-17(22(28)26-24(30)25-19-9-5-3-6-10-19)33-23(29)18-13-15-21(16-14-18)34(31,32)27(2)20-11-7-4-8-12-20/h4,7-8,11-17,19H,3,5-6,9-10H2,1-2H3,(H2,25,26,28,30). The molecule has 0 bridgehead atoms. The molecule has 0 heterocycles. The van der Waals surface area contributed by atoms with E-state index in [0.717, 1.165) is 36.4 Å². The first-order valence-corrected chi connectivity index (χ1v) is 12.6. The van der Waals surface area contributed by atoms with E-state index in [-0.39, 0.29) is 16.5 Å². The molecule has 3 rings (SSSR count). The zero-order chi connectivity index (χ0) is 24.7. The Morgan fingerprint density at radius 3 is 2.21 bits per heavy atom. The number of urea groups is 1. The zero-order valence-corrected chi connectivity index (χ0v) is 20.0. The van der Waals surface area contributed by atoms with Crippen LogP contribution in [0.5, 0.6) is 0 Å². The number of hydrogen-bond acceptors (Lipinski definition) is 6. The van der Waals surface area contributed by atoms with Gasteiger partial charge in [0.05, 0.1) is 16.1 Å². The van der Waals surface area contributed by atoms with E-state index >= 15 is 0 Å². The number of carbonyl (C=O) groups excluding carboxylic acids is 3. The van der Waals surface area contributed by atoms with E-state index in [1.807, 2.05) is 0 Å². The van der Waals surface area contributed by atoms with Crippen LogP contribution in [0.3, 0.4) is 0 Å². The van der Waals surface area contributed by atoms with Gasteiger partial charge >= 0.3 is 12.0 Å². The Morgan fingerprint density at radius 2 is 1.59 bits per heavy atom. The number of anilines is 1. The van der Waals surface area contributed by atoms with Gasteiger partial charge in [-0.05, 0) is 56.2 Å². The SMILES string of the molecule is CC(OC(=O)c1ccc(S(=O)(=O)N(C)c2ccccc2)cc1)C(=O)NC(=O)NC1CCCCC1. The van der Waals surface area contributed by atoms with Gasteiger partial charge in [-0.1, -0.05) is 37.5 Å². The molecule has 0 radical (unpaired) electrons. The van der Waals surface area contributed by atoms with Crippen LogP contribution < -0.4 is 14.9 Å². The smallest absolute Gasteiger partial charge is 0.338 e. The van der Waals surface area contributed by atoms with Crippen LogP contribution in [0.4, 0.5) is 10.5 Å². The van der Waals surface area contributed by atoms with Crippen LogP contribution in [0, 0.1) is 0 Å². The predicted molar refractivity (Wildman–Crippen MR) is 127 cm³/mol. The van der Waals surface area contributed by atoms with Crippen LogP contribution in [-0.2, 0) is 19.6 Å². The lowest BCUT2D eigenvalue weighted by Crippen LogP contribution is -2.48. The summed E-state index contributed by atoms with van der Waals surface area (Å²) in [6.45, 7) is 1.36. The molecule has 1 unspecified atom stereocenters. The Balaban J connectivity index is 1.56. The number of nitrogens with zero attached hydrogens (tertiary/aromatic N) is 1. The van der Waals surface area contributed by atoms with Crippen molar-refractivity contribution in [1.82, 2.24) is 10.6 Å². The number of ether oxygens (including phenoxy) is 1. The Morgan fingerprint density at radius 1 is 0.971 bits per heavy atom. The summed E-state index contributed by atoms with van der Waals surface area (Å²) in [6.07, 6.45) is 3.75. The monoisotopic (exact) mass is 487 g/mol. The number of rotatable bonds is 7. The predicted octanol–water partition coefficient (Wildman–Crippen LogP) is 3.22. The van der Waals surface area contributed by atoms with Gasteiger partial charge in [0.2, 0.25) is 0 Å². The lowest BCUT2D eigenvalue weighted by molar-refractivity contribution is -0.127. The van der Waals surface area contributed by atoms with Crippen LogP contribution in [0.1, 0.15) is 49.4 Å². The van der Waals surface area contributed by atoms with Crippen molar-refractivity contribution in [1.29, 1.82) is 0 Å². The minimum absolute atomic E-state index is 0.000536. The summed E-state index contributed by atoms with van der Waals surface area (Å²) in [5, 5.41) is 4.95. The fraction of sp³-hybridized carbons (Fsp3) is 0.375. The molecule has 0 aliphatic heterocycles. The van der Waals surface area contributed by atoms with Crippen LogP contribution in [0.15, 0.2) is 59.5 Å². The molecule has 2 aromatic carbocycles. The highest BCUT2D eigenvalue weighted by molar-refractivity contribution is 7.92. The first-order chi connectivity index (χ1) is 16.2. The number of hydrogen-bond donors (Lipinski definition) is 2. The van der Waals surface area contributed by atoms with Crippen LogP contribution >= 0.6 is 0 Å². The van der Waals surface area contributed by atoms with Gasteiger partial charge in [-0.15, -0.1) is 0 Å². The molecule has 10 heteroatoms. The van der Waals surface area contributed by atoms with Crippen molar-refractivity contribution >= 4 is 33.6 Å². The molecule has 0 saturated heterocycles. The van der Waals surface area contributed by atoms with Crippen LogP contribution in [0.2, 0.25) is 0 Å². The van der Waals surface area contributed by atoms with Crippen molar-refractivity contribution in [2.24, 2.45) is 0 Å². The lowest BCUT2D eigenvalue weighted by Gasteiger charge is -2.23. The van der Waals surface area contributed by atoms with Crippen molar-refractivity contribution in [2.75, 3.05) is 11.4 Å². The topological polar surface area (TPSA) is 122 Å². The van der Waals surface area contributed by atoms with E-state index in [0.29, 0.717) is 5.69 Å². The summed E-state index contributed by atoms with van der Waals surface area (Å²) in [5.74, 6) is -1.55. The third kappa shape index (κ3) is 6.34. The Bertz CT molecular complexity index is 1110. The molecular formula is C24H29N3O6S. The summed E-state index contributed by atoms with van der Waals surface area (Å²) in [7, 11) is -2.38. The zero-order valence-electron chi connectivity index (χ0n) is 19.2. The summed E-state index contributed by atoms with van der Waals surface area (Å²) in [6, 6.07) is 13.2. The summed E-state index contributed by atoms with van der Waals surface area (Å²) in [5.41, 5.74) is 0.575. The van der Waals surface area contributed by atoms with E-state index in [1.54, 1.807) is 30.3 Å². The summed E-state index contributed by atoms with van der Waals surface area (Å²) < 4.78 is 32.0. The van der Waals surface area contributed by atoms with E-state index < -0.39 is 34.0 Å². The second kappa shape index (κ2) is 11.1. The minimum Gasteiger partial charge on any atom is -0.449 e. The number of para-hydroxylation sites is 1. The van der Waals surface area contributed by atoms with Gasteiger partial charge in [-0.25, -0.2) is 18.0 Å². The van der Waals surface area contributed by atoms with Crippen LogP contribution in [0.25, 0.3) is 0 Å². The second-order valence-electron chi connectivity index (χ2n) is 8.18. The minimum atomic E-state index is -3.82. The molecule has 9 nitrogen and oxygen atoms in total. The Labute approximate surface area is 199 Å². The first kappa shape index (κ1) is 25.2. The number of benzene rings is 2. The number of sulfonamides is 1. The maximum absolute atomic E-state index is 12.8. The van der Waals surface area contributed by atoms with E-state index in [4.69, 9.17) is 4.74 Å².